The van der Waals surface area contributed by atoms with E-state index in [0.717, 1.165) is 42.2 Å². The molecule has 0 bridgehead atoms. The van der Waals surface area contributed by atoms with E-state index < -0.39 is 10.0 Å². The standard InChI is InChI=1S/C19H34N4O4S.HI/c1-5-20-19(21-12-8-13-23-28(4,24)25)22-14-11-16-9-10-17(26-6-2)18(15-16)27-7-3;/h9-10,15,23H,5-8,11-14H2,1-4H3,(H2,20,21,22);1H. The number of ether oxygens (including phenoxy) is 2. The van der Waals surface area contributed by atoms with Gasteiger partial charge in [-0.3, -0.25) is 4.99 Å². The predicted molar refractivity (Wildman–Crippen MR) is 129 cm³/mol. The van der Waals surface area contributed by atoms with Crippen LogP contribution in [0.2, 0.25) is 0 Å². The van der Waals surface area contributed by atoms with Crippen molar-refractivity contribution in [2.45, 2.75) is 33.6 Å². The Labute approximate surface area is 192 Å². The molecule has 0 atom stereocenters. The van der Waals surface area contributed by atoms with Crippen molar-refractivity contribution >= 4 is 40.0 Å². The van der Waals surface area contributed by atoms with Crippen LogP contribution in [0.1, 0.15) is 32.8 Å². The minimum absolute atomic E-state index is 0. The summed E-state index contributed by atoms with van der Waals surface area (Å²) in [6.45, 7) is 9.49. The Hall–Kier alpha value is -1.27. The first-order valence-corrected chi connectivity index (χ1v) is 11.6. The zero-order valence-corrected chi connectivity index (χ0v) is 20.9. The highest BCUT2D eigenvalue weighted by Gasteiger charge is 2.06. The number of rotatable bonds is 13. The number of aliphatic imine (C=N–C) groups is 1. The van der Waals surface area contributed by atoms with Gasteiger partial charge in [0.15, 0.2) is 17.5 Å². The Bertz CT molecular complexity index is 714. The number of benzene rings is 1. The first-order valence-electron chi connectivity index (χ1n) is 9.74. The number of nitrogens with one attached hydrogen (secondary N) is 3. The van der Waals surface area contributed by atoms with Crippen LogP contribution in [0, 0.1) is 0 Å². The van der Waals surface area contributed by atoms with Gasteiger partial charge in [0.25, 0.3) is 0 Å². The third kappa shape index (κ3) is 12.8. The van der Waals surface area contributed by atoms with Crippen LogP contribution in [0.5, 0.6) is 11.5 Å². The van der Waals surface area contributed by atoms with Crippen LogP contribution in [0.3, 0.4) is 0 Å². The molecule has 3 N–H and O–H groups in total. The van der Waals surface area contributed by atoms with Crippen LogP contribution in [-0.2, 0) is 16.4 Å². The topological polar surface area (TPSA) is 101 Å². The lowest BCUT2D eigenvalue weighted by Crippen LogP contribution is -2.38. The van der Waals surface area contributed by atoms with E-state index in [-0.39, 0.29) is 24.0 Å². The number of sulfonamides is 1. The van der Waals surface area contributed by atoms with Crippen molar-refractivity contribution in [3.8, 4) is 11.5 Å². The Kier molecular flexibility index (Phi) is 14.9. The summed E-state index contributed by atoms with van der Waals surface area (Å²) in [4.78, 5) is 4.46. The molecule has 0 saturated heterocycles. The van der Waals surface area contributed by atoms with E-state index >= 15 is 0 Å². The molecule has 0 amide bonds. The molecule has 0 aliphatic carbocycles. The molecule has 1 aromatic rings. The number of guanidine groups is 1. The Balaban J connectivity index is 0.00000784. The van der Waals surface area contributed by atoms with Gasteiger partial charge in [0, 0.05) is 26.2 Å². The maximum Gasteiger partial charge on any atom is 0.208 e. The molecule has 0 radical (unpaired) electrons. The van der Waals surface area contributed by atoms with Gasteiger partial charge in [0.05, 0.1) is 19.5 Å². The van der Waals surface area contributed by atoms with E-state index in [2.05, 4.69) is 20.3 Å². The van der Waals surface area contributed by atoms with Crippen molar-refractivity contribution in [2.24, 2.45) is 4.99 Å². The summed E-state index contributed by atoms with van der Waals surface area (Å²) in [5.74, 6) is 2.25. The number of halogens is 1. The predicted octanol–water partition coefficient (Wildman–Crippen LogP) is 2.14. The van der Waals surface area contributed by atoms with E-state index in [1.807, 2.05) is 39.0 Å². The lowest BCUT2D eigenvalue weighted by molar-refractivity contribution is 0.287. The van der Waals surface area contributed by atoms with Crippen LogP contribution >= 0.6 is 24.0 Å². The molecule has 0 unspecified atom stereocenters. The number of hydrogen-bond donors (Lipinski definition) is 3. The molecule has 0 spiro atoms. The van der Waals surface area contributed by atoms with Gasteiger partial charge in [0.1, 0.15) is 0 Å². The summed E-state index contributed by atoms with van der Waals surface area (Å²) >= 11 is 0. The highest BCUT2D eigenvalue weighted by molar-refractivity contribution is 14.0. The molecule has 29 heavy (non-hydrogen) atoms. The van der Waals surface area contributed by atoms with Crippen LogP contribution in [0.25, 0.3) is 0 Å². The first-order chi connectivity index (χ1) is 13.4. The van der Waals surface area contributed by atoms with Gasteiger partial charge in [-0.05, 0) is 51.3 Å². The van der Waals surface area contributed by atoms with Crippen LogP contribution < -0.4 is 24.8 Å². The fourth-order valence-corrected chi connectivity index (χ4v) is 2.96. The minimum atomic E-state index is -3.14. The third-order valence-electron chi connectivity index (χ3n) is 3.63. The summed E-state index contributed by atoms with van der Waals surface area (Å²) in [6, 6.07) is 5.99. The quantitative estimate of drug-likeness (QED) is 0.153. The van der Waals surface area contributed by atoms with Crippen molar-refractivity contribution in [1.29, 1.82) is 0 Å². The SMILES string of the molecule is CCNC(=NCCCNS(C)(=O)=O)NCCc1ccc(OCC)c(OCC)c1.I. The molecule has 0 aromatic heterocycles. The molecule has 0 aliphatic rings. The van der Waals surface area contributed by atoms with E-state index in [4.69, 9.17) is 9.47 Å². The molecule has 0 fully saturated rings. The maximum absolute atomic E-state index is 11.0. The normalized spacial score (nSPS) is 11.5. The average molecular weight is 542 g/mol. The van der Waals surface area contributed by atoms with Crippen molar-refractivity contribution in [1.82, 2.24) is 15.4 Å². The van der Waals surface area contributed by atoms with Gasteiger partial charge in [-0.2, -0.15) is 0 Å². The van der Waals surface area contributed by atoms with Crippen LogP contribution in [0.15, 0.2) is 23.2 Å². The summed E-state index contributed by atoms with van der Waals surface area (Å²) in [5, 5.41) is 6.48. The van der Waals surface area contributed by atoms with Crippen molar-refractivity contribution in [3.05, 3.63) is 23.8 Å². The van der Waals surface area contributed by atoms with E-state index in [9.17, 15) is 8.42 Å². The zero-order valence-electron chi connectivity index (χ0n) is 17.8. The van der Waals surface area contributed by atoms with Crippen LogP contribution in [0.4, 0.5) is 0 Å². The lowest BCUT2D eigenvalue weighted by Gasteiger charge is -2.14. The highest BCUT2D eigenvalue weighted by atomic mass is 127. The van der Waals surface area contributed by atoms with Gasteiger partial charge in [-0.1, -0.05) is 6.07 Å². The first kappa shape index (κ1) is 27.7. The maximum atomic E-state index is 11.0. The molecule has 8 nitrogen and oxygen atoms in total. The second-order valence-electron chi connectivity index (χ2n) is 6.10. The average Bonchev–Trinajstić information content (AvgIpc) is 2.63. The molecule has 0 saturated carbocycles. The molecular weight excluding hydrogens is 507 g/mol. The highest BCUT2D eigenvalue weighted by Crippen LogP contribution is 2.28. The fourth-order valence-electron chi connectivity index (χ4n) is 2.45. The smallest absolute Gasteiger partial charge is 0.208 e. The molecule has 168 valence electrons. The molecular formula is C19H35IN4O4S. The largest absolute Gasteiger partial charge is 0.490 e. The summed E-state index contributed by atoms with van der Waals surface area (Å²) in [7, 11) is -3.14. The fraction of sp³-hybridized carbons (Fsp3) is 0.632. The monoisotopic (exact) mass is 542 g/mol. The van der Waals surface area contributed by atoms with Crippen molar-refractivity contribution in [3.63, 3.8) is 0 Å². The molecule has 10 heteroatoms. The van der Waals surface area contributed by atoms with Crippen molar-refractivity contribution < 1.29 is 17.9 Å². The summed E-state index contributed by atoms with van der Waals surface area (Å²) in [5.41, 5.74) is 1.15. The zero-order chi connectivity index (χ0) is 20.8. The molecule has 0 aliphatic heterocycles. The summed E-state index contributed by atoms with van der Waals surface area (Å²) < 4.78 is 35.8. The van der Waals surface area contributed by atoms with E-state index in [1.165, 1.54) is 0 Å². The second-order valence-corrected chi connectivity index (χ2v) is 7.94. The lowest BCUT2D eigenvalue weighted by atomic mass is 10.1. The summed E-state index contributed by atoms with van der Waals surface area (Å²) in [6.07, 6.45) is 2.60. The van der Waals surface area contributed by atoms with Gasteiger partial charge < -0.3 is 20.1 Å². The molecule has 1 aromatic carbocycles. The minimum Gasteiger partial charge on any atom is -0.490 e. The third-order valence-corrected chi connectivity index (χ3v) is 4.36. The van der Waals surface area contributed by atoms with Gasteiger partial charge >= 0.3 is 0 Å². The Morgan fingerprint density at radius 1 is 1.03 bits per heavy atom. The number of nitrogens with zero attached hydrogens (tertiary/aromatic N) is 1. The van der Waals surface area contributed by atoms with Gasteiger partial charge in [-0.25, -0.2) is 13.1 Å². The van der Waals surface area contributed by atoms with E-state index in [0.29, 0.717) is 39.3 Å². The van der Waals surface area contributed by atoms with Crippen LogP contribution in [-0.4, -0.2) is 60.0 Å². The molecule has 0 heterocycles. The Morgan fingerprint density at radius 3 is 2.34 bits per heavy atom. The van der Waals surface area contributed by atoms with Gasteiger partial charge in [0.2, 0.25) is 10.0 Å². The van der Waals surface area contributed by atoms with E-state index in [1.54, 1.807) is 0 Å². The Morgan fingerprint density at radius 2 is 1.72 bits per heavy atom. The number of hydrogen-bond acceptors (Lipinski definition) is 5. The van der Waals surface area contributed by atoms with Crippen molar-refractivity contribution in [2.75, 3.05) is 45.6 Å². The van der Waals surface area contributed by atoms with Gasteiger partial charge in [-0.15, -0.1) is 24.0 Å². The molecule has 1 rings (SSSR count). The second kappa shape index (κ2) is 15.6.